The van der Waals surface area contributed by atoms with Crippen molar-refractivity contribution < 1.29 is 4.79 Å². The largest absolute Gasteiger partial charge is 0.324 e. The number of anilines is 1. The van der Waals surface area contributed by atoms with Crippen LogP contribution in [0.4, 0.5) is 5.69 Å². The average molecular weight is 429 g/mol. The lowest BCUT2D eigenvalue weighted by Gasteiger charge is -2.10. The third kappa shape index (κ3) is 5.07. The SMILES string of the molecule is CCNCCC(=O)Nc1c(Br)cc(Br)cc1Br. The van der Waals surface area contributed by atoms with E-state index in [1.807, 2.05) is 19.1 Å². The van der Waals surface area contributed by atoms with Crippen molar-refractivity contribution in [2.45, 2.75) is 13.3 Å². The lowest BCUT2D eigenvalue weighted by Crippen LogP contribution is -2.21. The van der Waals surface area contributed by atoms with Gasteiger partial charge < -0.3 is 10.6 Å². The first kappa shape index (κ1) is 15.1. The molecule has 0 aliphatic heterocycles. The van der Waals surface area contributed by atoms with Gasteiger partial charge in [0.2, 0.25) is 5.91 Å². The van der Waals surface area contributed by atoms with Gasteiger partial charge in [-0.05, 0) is 50.5 Å². The zero-order valence-corrected chi connectivity index (χ0v) is 14.1. The van der Waals surface area contributed by atoms with Crippen molar-refractivity contribution in [1.29, 1.82) is 0 Å². The number of carbonyl (C=O) groups excluding carboxylic acids is 1. The van der Waals surface area contributed by atoms with Gasteiger partial charge in [0, 0.05) is 26.4 Å². The number of nitrogens with one attached hydrogen (secondary N) is 2. The minimum Gasteiger partial charge on any atom is -0.324 e. The quantitative estimate of drug-likeness (QED) is 0.698. The molecular weight excluding hydrogens is 416 g/mol. The Labute approximate surface area is 126 Å². The maximum atomic E-state index is 11.7. The van der Waals surface area contributed by atoms with Gasteiger partial charge in [-0.2, -0.15) is 0 Å². The Hall–Kier alpha value is 0.0900. The molecule has 94 valence electrons. The summed E-state index contributed by atoms with van der Waals surface area (Å²) in [5, 5.41) is 5.98. The van der Waals surface area contributed by atoms with Crippen molar-refractivity contribution in [1.82, 2.24) is 5.32 Å². The molecule has 0 spiro atoms. The van der Waals surface area contributed by atoms with Crippen LogP contribution in [-0.2, 0) is 4.79 Å². The van der Waals surface area contributed by atoms with Crippen molar-refractivity contribution in [3.05, 3.63) is 25.6 Å². The van der Waals surface area contributed by atoms with E-state index >= 15 is 0 Å². The monoisotopic (exact) mass is 426 g/mol. The summed E-state index contributed by atoms with van der Waals surface area (Å²) in [7, 11) is 0. The highest BCUT2D eigenvalue weighted by molar-refractivity contribution is 9.11. The Bertz CT molecular complexity index is 387. The molecule has 1 aromatic carbocycles. The number of carbonyl (C=O) groups is 1. The summed E-state index contributed by atoms with van der Waals surface area (Å²) in [6.07, 6.45) is 0.461. The van der Waals surface area contributed by atoms with Crippen LogP contribution < -0.4 is 10.6 Å². The number of amides is 1. The summed E-state index contributed by atoms with van der Waals surface area (Å²) in [5.74, 6) is -0.00493. The summed E-state index contributed by atoms with van der Waals surface area (Å²) in [4.78, 5) is 11.7. The van der Waals surface area contributed by atoms with Gasteiger partial charge in [-0.1, -0.05) is 22.9 Å². The van der Waals surface area contributed by atoms with Crippen LogP contribution in [0.5, 0.6) is 0 Å². The Kier molecular flexibility index (Phi) is 6.69. The first-order valence-electron chi connectivity index (χ1n) is 5.19. The maximum absolute atomic E-state index is 11.7. The van der Waals surface area contributed by atoms with Crippen LogP contribution >= 0.6 is 47.8 Å². The van der Waals surface area contributed by atoms with E-state index in [2.05, 4.69) is 58.4 Å². The minimum absolute atomic E-state index is 0.00493. The molecule has 2 N–H and O–H groups in total. The van der Waals surface area contributed by atoms with Gasteiger partial charge in [-0.3, -0.25) is 4.79 Å². The van der Waals surface area contributed by atoms with Gasteiger partial charge in [-0.25, -0.2) is 0 Å². The number of benzene rings is 1. The molecular formula is C11H13Br3N2O. The summed E-state index contributed by atoms with van der Waals surface area (Å²) < 4.78 is 2.63. The van der Waals surface area contributed by atoms with E-state index in [1.54, 1.807) is 0 Å². The molecule has 0 aliphatic carbocycles. The molecule has 17 heavy (non-hydrogen) atoms. The molecule has 0 saturated carbocycles. The molecule has 1 amide bonds. The molecule has 0 atom stereocenters. The predicted molar refractivity (Wildman–Crippen MR) is 81.3 cm³/mol. The fraction of sp³-hybridized carbons (Fsp3) is 0.364. The maximum Gasteiger partial charge on any atom is 0.225 e. The normalized spacial score (nSPS) is 10.4. The topological polar surface area (TPSA) is 41.1 Å². The fourth-order valence-corrected chi connectivity index (χ4v) is 3.70. The third-order valence-electron chi connectivity index (χ3n) is 2.05. The van der Waals surface area contributed by atoms with Crippen LogP contribution in [0, 0.1) is 0 Å². The van der Waals surface area contributed by atoms with E-state index in [0.29, 0.717) is 13.0 Å². The van der Waals surface area contributed by atoms with Crippen LogP contribution in [0.3, 0.4) is 0 Å². The lowest BCUT2D eigenvalue weighted by atomic mass is 10.3. The van der Waals surface area contributed by atoms with Gasteiger partial charge in [0.05, 0.1) is 5.69 Å². The highest BCUT2D eigenvalue weighted by atomic mass is 79.9. The van der Waals surface area contributed by atoms with E-state index in [-0.39, 0.29) is 5.91 Å². The molecule has 0 radical (unpaired) electrons. The minimum atomic E-state index is -0.00493. The zero-order chi connectivity index (χ0) is 12.8. The summed E-state index contributed by atoms with van der Waals surface area (Å²) in [6.45, 7) is 3.58. The summed E-state index contributed by atoms with van der Waals surface area (Å²) >= 11 is 10.2. The van der Waals surface area contributed by atoms with E-state index in [4.69, 9.17) is 0 Å². The zero-order valence-electron chi connectivity index (χ0n) is 9.32. The molecule has 1 aromatic rings. The summed E-state index contributed by atoms with van der Waals surface area (Å²) in [5.41, 5.74) is 0.759. The van der Waals surface area contributed by atoms with Crippen molar-refractivity contribution in [3.8, 4) is 0 Å². The fourth-order valence-electron chi connectivity index (χ4n) is 1.24. The molecule has 0 heterocycles. The predicted octanol–water partition coefficient (Wildman–Crippen LogP) is 3.91. The Balaban J connectivity index is 2.65. The van der Waals surface area contributed by atoms with Crippen molar-refractivity contribution in [2.24, 2.45) is 0 Å². The first-order valence-corrected chi connectivity index (χ1v) is 7.57. The molecule has 1 rings (SSSR count). The van der Waals surface area contributed by atoms with Gasteiger partial charge in [0.1, 0.15) is 0 Å². The van der Waals surface area contributed by atoms with E-state index < -0.39 is 0 Å². The van der Waals surface area contributed by atoms with Crippen molar-refractivity contribution >= 4 is 59.4 Å². The third-order valence-corrected chi connectivity index (χ3v) is 3.76. The Morgan fingerprint density at radius 3 is 2.35 bits per heavy atom. The number of rotatable bonds is 5. The molecule has 3 nitrogen and oxygen atoms in total. The highest BCUT2D eigenvalue weighted by Gasteiger charge is 2.10. The van der Waals surface area contributed by atoms with Crippen molar-refractivity contribution in [3.63, 3.8) is 0 Å². The Morgan fingerprint density at radius 2 is 1.82 bits per heavy atom. The number of hydrogen-bond donors (Lipinski definition) is 2. The van der Waals surface area contributed by atoms with E-state index in [0.717, 1.165) is 25.7 Å². The van der Waals surface area contributed by atoms with Gasteiger partial charge >= 0.3 is 0 Å². The number of halogens is 3. The van der Waals surface area contributed by atoms with Crippen LogP contribution in [0.15, 0.2) is 25.6 Å². The molecule has 0 bridgehead atoms. The second-order valence-electron chi connectivity index (χ2n) is 3.40. The molecule has 0 aliphatic rings. The molecule has 6 heteroatoms. The van der Waals surface area contributed by atoms with Gasteiger partial charge in [0.25, 0.3) is 0 Å². The molecule has 0 aromatic heterocycles. The Morgan fingerprint density at radius 1 is 1.24 bits per heavy atom. The molecule has 0 saturated heterocycles. The lowest BCUT2D eigenvalue weighted by molar-refractivity contribution is -0.116. The van der Waals surface area contributed by atoms with E-state index in [9.17, 15) is 4.79 Å². The van der Waals surface area contributed by atoms with Gasteiger partial charge in [0.15, 0.2) is 0 Å². The van der Waals surface area contributed by atoms with Crippen LogP contribution in [0.1, 0.15) is 13.3 Å². The standard InChI is InChI=1S/C11H13Br3N2O/c1-2-15-4-3-10(17)16-11-8(13)5-7(12)6-9(11)14/h5-6,15H,2-4H2,1H3,(H,16,17). The highest BCUT2D eigenvalue weighted by Crippen LogP contribution is 2.34. The second-order valence-corrected chi connectivity index (χ2v) is 6.02. The second kappa shape index (κ2) is 7.51. The van der Waals surface area contributed by atoms with E-state index in [1.165, 1.54) is 0 Å². The average Bonchev–Trinajstić information content (AvgIpc) is 2.24. The summed E-state index contributed by atoms with van der Waals surface area (Å²) in [6, 6.07) is 3.79. The van der Waals surface area contributed by atoms with Crippen LogP contribution in [-0.4, -0.2) is 19.0 Å². The first-order chi connectivity index (χ1) is 8.04. The van der Waals surface area contributed by atoms with Crippen molar-refractivity contribution in [2.75, 3.05) is 18.4 Å². The van der Waals surface area contributed by atoms with Gasteiger partial charge in [-0.15, -0.1) is 0 Å². The number of hydrogen-bond acceptors (Lipinski definition) is 2. The molecule has 0 unspecified atom stereocenters. The van der Waals surface area contributed by atoms with Crippen LogP contribution in [0.25, 0.3) is 0 Å². The molecule has 0 fully saturated rings. The smallest absolute Gasteiger partial charge is 0.225 e. The van der Waals surface area contributed by atoms with Crippen LogP contribution in [0.2, 0.25) is 0 Å².